The summed E-state index contributed by atoms with van der Waals surface area (Å²) < 4.78 is 39.3. The minimum Gasteiger partial charge on any atom is -0.273 e. The van der Waals surface area contributed by atoms with Crippen molar-refractivity contribution in [3.05, 3.63) is 36.5 Å². The van der Waals surface area contributed by atoms with Gasteiger partial charge in [-0.2, -0.15) is 13.2 Å². The Morgan fingerprint density at radius 3 is 2.75 bits per heavy atom. The molecule has 0 aromatic carbocycles. The highest BCUT2D eigenvalue weighted by atomic mass is 19.4. The molecule has 0 saturated heterocycles. The molecule has 1 aliphatic carbocycles. The van der Waals surface area contributed by atoms with Crippen LogP contribution in [0.1, 0.15) is 25.1 Å². The van der Waals surface area contributed by atoms with Gasteiger partial charge in [0, 0.05) is 24.5 Å². The average molecular weight is 338 g/mol. The van der Waals surface area contributed by atoms with Crippen LogP contribution in [0.4, 0.5) is 13.2 Å². The summed E-state index contributed by atoms with van der Waals surface area (Å²) in [5.41, 5.74) is 1.31. The highest BCUT2D eigenvalue weighted by Gasteiger charge is 2.36. The summed E-state index contributed by atoms with van der Waals surface area (Å²) in [6.07, 6.45) is 0.689. The fourth-order valence-electron chi connectivity index (χ4n) is 2.48. The zero-order valence-electron chi connectivity index (χ0n) is 13.1. The summed E-state index contributed by atoms with van der Waals surface area (Å²) >= 11 is 0. The number of carbonyl (C=O) groups excluding carboxylic acids is 1. The Morgan fingerprint density at radius 1 is 1.42 bits per heavy atom. The molecule has 0 N–H and O–H groups in total. The summed E-state index contributed by atoms with van der Waals surface area (Å²) in [5, 5.41) is 1.16. The van der Waals surface area contributed by atoms with Crippen LogP contribution >= 0.6 is 0 Å². The fraction of sp³-hybridized carbons (Fsp3) is 0.438. The second-order valence-electron chi connectivity index (χ2n) is 5.97. The molecule has 1 amide bonds. The van der Waals surface area contributed by atoms with E-state index in [9.17, 15) is 18.0 Å². The molecule has 0 bridgehead atoms. The van der Waals surface area contributed by atoms with Crippen LogP contribution in [0.15, 0.2) is 30.7 Å². The predicted octanol–water partition coefficient (Wildman–Crippen LogP) is 3.08. The van der Waals surface area contributed by atoms with Crippen molar-refractivity contribution in [3.63, 3.8) is 0 Å². The van der Waals surface area contributed by atoms with E-state index in [1.54, 1.807) is 31.6 Å². The van der Waals surface area contributed by atoms with Crippen molar-refractivity contribution in [1.82, 2.24) is 14.6 Å². The van der Waals surface area contributed by atoms with Crippen molar-refractivity contribution in [2.45, 2.75) is 32.4 Å². The quantitative estimate of drug-likeness (QED) is 0.842. The molecule has 0 spiro atoms. The zero-order valence-corrected chi connectivity index (χ0v) is 13.1. The maximum Gasteiger partial charge on any atom is 0.397 e. The fourth-order valence-corrected chi connectivity index (χ4v) is 2.48. The Kier molecular flexibility index (Phi) is 4.29. The molecule has 0 unspecified atom stereocenters. The van der Waals surface area contributed by atoms with Gasteiger partial charge in [-0.1, -0.05) is 0 Å². The van der Waals surface area contributed by atoms with E-state index in [0.717, 1.165) is 23.4 Å². The third-order valence-corrected chi connectivity index (χ3v) is 3.84. The van der Waals surface area contributed by atoms with Gasteiger partial charge in [-0.05, 0) is 37.8 Å². The van der Waals surface area contributed by atoms with Crippen LogP contribution in [-0.2, 0) is 4.79 Å². The number of rotatable bonds is 5. The summed E-state index contributed by atoms with van der Waals surface area (Å²) in [4.78, 5) is 20.5. The largest absolute Gasteiger partial charge is 0.397 e. The minimum atomic E-state index is -4.53. The number of carbonyl (C=O) groups is 1. The first-order valence-corrected chi connectivity index (χ1v) is 7.67. The highest BCUT2D eigenvalue weighted by molar-refractivity contribution is 5.86. The third kappa shape index (κ3) is 3.93. The van der Waals surface area contributed by atoms with Crippen molar-refractivity contribution in [2.75, 3.05) is 11.6 Å². The summed E-state index contributed by atoms with van der Waals surface area (Å²) in [6, 6.07) is 3.56. The molecule has 1 saturated carbocycles. The van der Waals surface area contributed by atoms with E-state index in [1.165, 1.54) is 4.68 Å². The van der Waals surface area contributed by atoms with Gasteiger partial charge in [0.1, 0.15) is 12.2 Å². The lowest BCUT2D eigenvalue weighted by Gasteiger charge is -2.25. The predicted molar refractivity (Wildman–Crippen MR) is 81.7 cm³/mol. The maximum absolute atomic E-state index is 12.6. The molecule has 0 radical (unpaired) electrons. The van der Waals surface area contributed by atoms with E-state index in [-0.39, 0.29) is 12.5 Å². The first-order valence-electron chi connectivity index (χ1n) is 7.67. The van der Waals surface area contributed by atoms with Crippen LogP contribution in [0.3, 0.4) is 0 Å². The second kappa shape index (κ2) is 6.26. The Labute approximate surface area is 137 Å². The van der Waals surface area contributed by atoms with Crippen LogP contribution in [0.25, 0.3) is 11.3 Å². The normalized spacial score (nSPS) is 14.7. The molecule has 2 aromatic heterocycles. The van der Waals surface area contributed by atoms with Crippen LogP contribution in [0, 0.1) is 12.8 Å². The number of hydrogen-bond donors (Lipinski definition) is 0. The topological polar surface area (TPSA) is 51.0 Å². The SMILES string of the molecule is Cc1nc(-c2cccnc2)cn1N(CC1CC1)C(=O)CC(F)(F)F. The van der Waals surface area contributed by atoms with E-state index < -0.39 is 18.5 Å². The van der Waals surface area contributed by atoms with Gasteiger partial charge in [-0.3, -0.25) is 9.78 Å². The van der Waals surface area contributed by atoms with E-state index in [4.69, 9.17) is 0 Å². The molecule has 128 valence electrons. The Bertz CT molecular complexity index is 723. The monoisotopic (exact) mass is 338 g/mol. The molecular weight excluding hydrogens is 321 g/mol. The van der Waals surface area contributed by atoms with Gasteiger partial charge < -0.3 is 0 Å². The second-order valence-corrected chi connectivity index (χ2v) is 5.97. The van der Waals surface area contributed by atoms with Crippen molar-refractivity contribution < 1.29 is 18.0 Å². The number of pyridine rings is 1. The van der Waals surface area contributed by atoms with Crippen LogP contribution in [0.2, 0.25) is 0 Å². The standard InChI is InChI=1S/C16H17F3N4O/c1-11-21-14(13-3-2-6-20-8-13)10-22(11)23(9-12-4-5-12)15(24)7-16(17,18)19/h2-3,6,8,10,12H,4-5,7,9H2,1H3. The number of nitrogens with zero attached hydrogens (tertiary/aromatic N) is 4. The highest BCUT2D eigenvalue weighted by Crippen LogP contribution is 2.31. The lowest BCUT2D eigenvalue weighted by atomic mass is 10.2. The van der Waals surface area contributed by atoms with E-state index in [0.29, 0.717) is 11.5 Å². The van der Waals surface area contributed by atoms with E-state index >= 15 is 0 Å². The third-order valence-electron chi connectivity index (χ3n) is 3.84. The number of amides is 1. The maximum atomic E-state index is 12.6. The van der Waals surface area contributed by atoms with E-state index in [1.807, 2.05) is 6.07 Å². The Morgan fingerprint density at radius 2 is 2.17 bits per heavy atom. The van der Waals surface area contributed by atoms with Gasteiger partial charge in [0.25, 0.3) is 5.91 Å². The molecule has 3 rings (SSSR count). The number of alkyl halides is 3. The van der Waals surface area contributed by atoms with Crippen LogP contribution in [0.5, 0.6) is 0 Å². The molecule has 2 aromatic rings. The van der Waals surface area contributed by atoms with Crippen molar-refractivity contribution in [3.8, 4) is 11.3 Å². The molecule has 2 heterocycles. The van der Waals surface area contributed by atoms with Crippen molar-refractivity contribution in [2.24, 2.45) is 5.92 Å². The number of imidazole rings is 1. The van der Waals surface area contributed by atoms with Gasteiger partial charge in [0.05, 0.1) is 11.9 Å². The van der Waals surface area contributed by atoms with Gasteiger partial charge in [0.2, 0.25) is 0 Å². The number of halogens is 3. The zero-order chi connectivity index (χ0) is 17.3. The molecule has 0 aliphatic heterocycles. The van der Waals surface area contributed by atoms with Crippen LogP contribution in [-0.4, -0.2) is 33.3 Å². The van der Waals surface area contributed by atoms with Gasteiger partial charge in [-0.25, -0.2) is 14.7 Å². The molecular formula is C16H17F3N4O. The Balaban J connectivity index is 1.90. The lowest BCUT2D eigenvalue weighted by Crippen LogP contribution is -2.44. The molecule has 5 nitrogen and oxygen atoms in total. The molecule has 24 heavy (non-hydrogen) atoms. The minimum absolute atomic E-state index is 0.255. The summed E-state index contributed by atoms with van der Waals surface area (Å²) in [7, 11) is 0. The number of aromatic nitrogens is 3. The first kappa shape index (κ1) is 16.5. The molecule has 0 atom stereocenters. The first-order chi connectivity index (χ1) is 11.3. The van der Waals surface area contributed by atoms with Gasteiger partial charge in [0.15, 0.2) is 0 Å². The van der Waals surface area contributed by atoms with Gasteiger partial charge >= 0.3 is 6.18 Å². The van der Waals surface area contributed by atoms with Crippen LogP contribution < -0.4 is 5.01 Å². The van der Waals surface area contributed by atoms with Crippen molar-refractivity contribution in [1.29, 1.82) is 0 Å². The molecule has 1 fully saturated rings. The van der Waals surface area contributed by atoms with Gasteiger partial charge in [-0.15, -0.1) is 0 Å². The number of hydrogen-bond acceptors (Lipinski definition) is 3. The Hall–Kier alpha value is -2.38. The summed E-state index contributed by atoms with van der Waals surface area (Å²) in [6.45, 7) is 1.94. The summed E-state index contributed by atoms with van der Waals surface area (Å²) in [5.74, 6) is -0.247. The van der Waals surface area contributed by atoms with E-state index in [2.05, 4.69) is 9.97 Å². The lowest BCUT2D eigenvalue weighted by molar-refractivity contribution is -0.153. The smallest absolute Gasteiger partial charge is 0.273 e. The number of aryl methyl sites for hydroxylation is 1. The molecule has 8 heteroatoms. The molecule has 1 aliphatic rings. The van der Waals surface area contributed by atoms with Crippen molar-refractivity contribution >= 4 is 5.91 Å². The average Bonchev–Trinajstić information content (AvgIpc) is 3.25.